The summed E-state index contributed by atoms with van der Waals surface area (Å²) in [7, 11) is 0. The van der Waals surface area contributed by atoms with Crippen LogP contribution in [0, 0.1) is 0 Å². The van der Waals surface area contributed by atoms with Gasteiger partial charge in [0.2, 0.25) is 5.91 Å². The zero-order valence-electron chi connectivity index (χ0n) is 13.7. The number of aryl methyl sites for hydroxylation is 1. The van der Waals surface area contributed by atoms with Gasteiger partial charge in [-0.25, -0.2) is 4.79 Å². The van der Waals surface area contributed by atoms with Crippen LogP contribution in [-0.2, 0) is 17.6 Å². The summed E-state index contributed by atoms with van der Waals surface area (Å²) in [6.07, 6.45) is 3.01. The molecule has 5 heteroatoms. The molecule has 0 aliphatic carbocycles. The third-order valence-corrected chi connectivity index (χ3v) is 4.49. The van der Waals surface area contributed by atoms with E-state index in [9.17, 15) is 9.59 Å². The van der Waals surface area contributed by atoms with E-state index in [2.05, 4.69) is 0 Å². The van der Waals surface area contributed by atoms with Crippen molar-refractivity contribution in [3.05, 3.63) is 59.0 Å². The normalized spacial score (nSPS) is 17.2. The Balaban J connectivity index is 1.70. The van der Waals surface area contributed by atoms with Crippen LogP contribution in [0.2, 0.25) is 0 Å². The van der Waals surface area contributed by atoms with Crippen LogP contribution in [0.1, 0.15) is 53.2 Å². The van der Waals surface area contributed by atoms with E-state index in [4.69, 9.17) is 9.52 Å². The molecule has 3 rings (SSSR count). The number of benzene rings is 1. The van der Waals surface area contributed by atoms with Gasteiger partial charge >= 0.3 is 5.97 Å². The first kappa shape index (κ1) is 16.3. The molecule has 2 aromatic rings. The fourth-order valence-corrected chi connectivity index (χ4v) is 3.17. The molecule has 1 aliphatic heterocycles. The molecule has 0 bridgehead atoms. The number of likely N-dealkylation sites (tertiary alicyclic amines) is 1. The number of carbonyl (C=O) groups excluding carboxylic acids is 1. The Morgan fingerprint density at radius 2 is 1.96 bits per heavy atom. The van der Waals surface area contributed by atoms with E-state index in [1.807, 2.05) is 24.0 Å². The highest BCUT2D eigenvalue weighted by molar-refractivity contribution is 5.87. The van der Waals surface area contributed by atoms with Gasteiger partial charge in [0.05, 0.1) is 18.0 Å². The van der Waals surface area contributed by atoms with Crippen molar-refractivity contribution in [2.75, 3.05) is 6.54 Å². The lowest BCUT2D eigenvalue weighted by molar-refractivity contribution is -0.131. The van der Waals surface area contributed by atoms with Gasteiger partial charge in [0, 0.05) is 13.0 Å². The van der Waals surface area contributed by atoms with Gasteiger partial charge in [-0.2, -0.15) is 0 Å². The van der Waals surface area contributed by atoms with Gasteiger partial charge in [0.25, 0.3) is 0 Å². The summed E-state index contributed by atoms with van der Waals surface area (Å²) in [4.78, 5) is 25.4. The molecule has 1 aromatic heterocycles. The first-order valence-corrected chi connectivity index (χ1v) is 8.28. The van der Waals surface area contributed by atoms with Crippen molar-refractivity contribution in [2.24, 2.45) is 0 Å². The molecule has 0 radical (unpaired) electrons. The van der Waals surface area contributed by atoms with Gasteiger partial charge in [-0.3, -0.25) is 4.79 Å². The lowest BCUT2D eigenvalue weighted by atomic mass is 10.1. The number of hydrogen-bond acceptors (Lipinski definition) is 3. The lowest BCUT2D eigenvalue weighted by Gasteiger charge is -2.23. The zero-order chi connectivity index (χ0) is 17.1. The first-order valence-electron chi connectivity index (χ1n) is 8.28. The molecule has 24 heavy (non-hydrogen) atoms. The summed E-state index contributed by atoms with van der Waals surface area (Å²) >= 11 is 0. The summed E-state index contributed by atoms with van der Waals surface area (Å²) < 4.78 is 5.83. The van der Waals surface area contributed by atoms with Gasteiger partial charge in [-0.05, 0) is 42.7 Å². The minimum atomic E-state index is -0.961. The Hall–Kier alpha value is -2.56. The Morgan fingerprint density at radius 1 is 1.21 bits per heavy atom. The Morgan fingerprint density at radius 3 is 2.58 bits per heavy atom. The molecule has 5 nitrogen and oxygen atoms in total. The molecule has 1 amide bonds. The molecular formula is C19H21NO4. The van der Waals surface area contributed by atoms with Gasteiger partial charge in [0.15, 0.2) is 0 Å². The number of carbonyl (C=O) groups is 2. The minimum absolute atomic E-state index is 0.0103. The van der Waals surface area contributed by atoms with E-state index in [1.165, 1.54) is 12.1 Å². The van der Waals surface area contributed by atoms with Crippen LogP contribution in [0.25, 0.3) is 0 Å². The Kier molecular flexibility index (Phi) is 4.69. The highest BCUT2D eigenvalue weighted by Crippen LogP contribution is 2.33. The quantitative estimate of drug-likeness (QED) is 0.913. The third-order valence-electron chi connectivity index (χ3n) is 4.49. The second kappa shape index (κ2) is 6.91. The summed E-state index contributed by atoms with van der Waals surface area (Å²) in [5, 5.41) is 8.93. The van der Waals surface area contributed by atoms with E-state index < -0.39 is 5.97 Å². The smallest absolute Gasteiger partial charge is 0.335 e. The van der Waals surface area contributed by atoms with Gasteiger partial charge in [-0.15, -0.1) is 0 Å². The molecule has 1 unspecified atom stereocenters. The van der Waals surface area contributed by atoms with Crippen LogP contribution in [-0.4, -0.2) is 28.4 Å². The summed E-state index contributed by atoms with van der Waals surface area (Å²) in [6.45, 7) is 2.78. The van der Waals surface area contributed by atoms with Crippen molar-refractivity contribution < 1.29 is 19.1 Å². The highest BCUT2D eigenvalue weighted by atomic mass is 16.4. The monoisotopic (exact) mass is 327 g/mol. The predicted octanol–water partition coefficient (Wildman–Crippen LogP) is 3.45. The number of rotatable bonds is 5. The highest BCUT2D eigenvalue weighted by Gasteiger charge is 2.31. The number of aromatic carboxylic acids is 1. The molecule has 0 saturated carbocycles. The van der Waals surface area contributed by atoms with Crippen LogP contribution in [0.5, 0.6) is 0 Å². The molecule has 1 aromatic carbocycles. The molecule has 0 spiro atoms. The average molecular weight is 327 g/mol. The maximum Gasteiger partial charge on any atom is 0.335 e. The van der Waals surface area contributed by atoms with Crippen LogP contribution in [0.15, 0.2) is 40.8 Å². The van der Waals surface area contributed by atoms with E-state index in [0.717, 1.165) is 42.9 Å². The maximum absolute atomic E-state index is 12.7. The minimum Gasteiger partial charge on any atom is -0.478 e. The van der Waals surface area contributed by atoms with Crippen LogP contribution in [0.4, 0.5) is 0 Å². The van der Waals surface area contributed by atoms with Crippen LogP contribution in [0.3, 0.4) is 0 Å². The number of hydrogen-bond donors (Lipinski definition) is 1. The Bertz CT molecular complexity index is 732. The van der Waals surface area contributed by atoms with E-state index >= 15 is 0 Å². The largest absolute Gasteiger partial charge is 0.478 e. The Labute approximate surface area is 140 Å². The van der Waals surface area contributed by atoms with Crippen molar-refractivity contribution in [3.8, 4) is 0 Å². The van der Waals surface area contributed by atoms with Crippen LogP contribution >= 0.6 is 0 Å². The third kappa shape index (κ3) is 3.35. The second-order valence-corrected chi connectivity index (χ2v) is 6.08. The van der Waals surface area contributed by atoms with E-state index in [0.29, 0.717) is 0 Å². The number of nitrogens with zero attached hydrogens (tertiary/aromatic N) is 1. The fraction of sp³-hybridized carbons (Fsp3) is 0.368. The summed E-state index contributed by atoms with van der Waals surface area (Å²) in [5.74, 6) is 0.888. The molecule has 1 N–H and O–H groups in total. The number of carboxylic acids is 1. The van der Waals surface area contributed by atoms with E-state index in [-0.39, 0.29) is 23.9 Å². The van der Waals surface area contributed by atoms with E-state index in [1.54, 1.807) is 12.1 Å². The van der Waals surface area contributed by atoms with Crippen molar-refractivity contribution in [2.45, 2.75) is 38.6 Å². The molecule has 2 heterocycles. The lowest BCUT2D eigenvalue weighted by Crippen LogP contribution is -2.31. The molecule has 1 atom stereocenters. The van der Waals surface area contributed by atoms with Crippen molar-refractivity contribution in [3.63, 3.8) is 0 Å². The predicted molar refractivity (Wildman–Crippen MR) is 88.9 cm³/mol. The molecule has 1 saturated heterocycles. The number of amides is 1. The SMILES string of the molecule is CCc1ccc(C2CCCN2C(=O)Cc2ccc(C(=O)O)cc2)o1. The standard InChI is InChI=1S/C19H21NO4/c1-2-15-9-10-17(24-15)16-4-3-11-20(16)18(21)12-13-5-7-14(8-6-13)19(22)23/h5-10,16H,2-4,11-12H2,1H3,(H,22,23). The topological polar surface area (TPSA) is 70.8 Å². The molecule has 1 aliphatic rings. The van der Waals surface area contributed by atoms with Crippen molar-refractivity contribution >= 4 is 11.9 Å². The first-order chi connectivity index (χ1) is 11.6. The second-order valence-electron chi connectivity index (χ2n) is 6.08. The maximum atomic E-state index is 12.7. The van der Waals surface area contributed by atoms with Crippen LogP contribution < -0.4 is 0 Å². The van der Waals surface area contributed by atoms with Crippen molar-refractivity contribution in [1.82, 2.24) is 4.90 Å². The average Bonchev–Trinajstić information content (AvgIpc) is 3.24. The van der Waals surface area contributed by atoms with Gasteiger partial charge < -0.3 is 14.4 Å². The molecular weight excluding hydrogens is 306 g/mol. The van der Waals surface area contributed by atoms with Gasteiger partial charge in [-0.1, -0.05) is 19.1 Å². The summed E-state index contributed by atoms with van der Waals surface area (Å²) in [5.41, 5.74) is 1.05. The van der Waals surface area contributed by atoms with Gasteiger partial charge in [0.1, 0.15) is 11.5 Å². The number of furan rings is 1. The van der Waals surface area contributed by atoms with Crippen molar-refractivity contribution in [1.29, 1.82) is 0 Å². The molecule has 1 fully saturated rings. The number of carboxylic acid groups (broad SMARTS) is 1. The zero-order valence-corrected chi connectivity index (χ0v) is 13.7. The fourth-order valence-electron chi connectivity index (χ4n) is 3.17. The molecule has 126 valence electrons. The summed E-state index contributed by atoms with van der Waals surface area (Å²) in [6, 6.07) is 10.4.